The van der Waals surface area contributed by atoms with Gasteiger partial charge in [-0.25, -0.2) is 0 Å². The van der Waals surface area contributed by atoms with Crippen molar-refractivity contribution < 1.29 is 9.59 Å². The molecule has 0 spiro atoms. The fraction of sp³-hybridized carbons (Fsp3) is 0.400. The third kappa shape index (κ3) is 4.55. The van der Waals surface area contributed by atoms with Gasteiger partial charge >= 0.3 is 0 Å². The standard InChI is InChI=1S/C15H18N2O2/c1-3-12-4-6-13(7-5-12)8-9-17-15(19)14(10-16)11(2)18/h4-7,14H,3,8-9H2,1-2H3,(H,17,19). The first-order valence-electron chi connectivity index (χ1n) is 6.34. The maximum absolute atomic E-state index is 11.6. The molecule has 1 aromatic rings. The number of nitrogens with one attached hydrogen (secondary N) is 1. The van der Waals surface area contributed by atoms with Crippen LogP contribution in [0.2, 0.25) is 0 Å². The lowest BCUT2D eigenvalue weighted by molar-refractivity contribution is -0.130. The van der Waals surface area contributed by atoms with Crippen LogP contribution in [0.4, 0.5) is 0 Å². The number of rotatable bonds is 6. The summed E-state index contributed by atoms with van der Waals surface area (Å²) in [6.45, 7) is 3.77. The Morgan fingerprint density at radius 2 is 1.84 bits per heavy atom. The molecule has 1 rings (SSSR count). The van der Waals surface area contributed by atoms with Gasteiger partial charge < -0.3 is 5.32 Å². The van der Waals surface area contributed by atoms with Gasteiger partial charge in [0, 0.05) is 6.54 Å². The highest BCUT2D eigenvalue weighted by molar-refractivity contribution is 6.02. The number of nitriles is 1. The first-order chi connectivity index (χ1) is 9.08. The molecule has 0 bridgehead atoms. The monoisotopic (exact) mass is 258 g/mol. The Morgan fingerprint density at radius 3 is 2.32 bits per heavy atom. The number of ketones is 1. The zero-order valence-electron chi connectivity index (χ0n) is 11.3. The van der Waals surface area contributed by atoms with Gasteiger partial charge in [-0.15, -0.1) is 0 Å². The van der Waals surface area contributed by atoms with E-state index in [-0.39, 0.29) is 0 Å². The molecule has 0 aliphatic rings. The molecule has 1 aromatic carbocycles. The van der Waals surface area contributed by atoms with Crippen LogP contribution in [-0.2, 0) is 22.4 Å². The third-order valence-corrected chi connectivity index (χ3v) is 2.94. The van der Waals surface area contributed by atoms with Crippen molar-refractivity contribution in [3.63, 3.8) is 0 Å². The van der Waals surface area contributed by atoms with Gasteiger partial charge in [-0.1, -0.05) is 31.2 Å². The summed E-state index contributed by atoms with van der Waals surface area (Å²) in [7, 11) is 0. The molecule has 0 radical (unpaired) electrons. The van der Waals surface area contributed by atoms with Crippen LogP contribution in [0.3, 0.4) is 0 Å². The summed E-state index contributed by atoms with van der Waals surface area (Å²) in [5.41, 5.74) is 2.39. The summed E-state index contributed by atoms with van der Waals surface area (Å²) in [6.07, 6.45) is 1.69. The number of carbonyl (C=O) groups is 2. The molecule has 0 heterocycles. The molecule has 1 unspecified atom stereocenters. The summed E-state index contributed by atoms with van der Waals surface area (Å²) in [5.74, 6) is -2.13. The Labute approximate surface area is 113 Å². The van der Waals surface area contributed by atoms with Crippen LogP contribution in [0, 0.1) is 17.2 Å². The van der Waals surface area contributed by atoms with Gasteiger partial charge in [0.15, 0.2) is 11.7 Å². The molecular weight excluding hydrogens is 240 g/mol. The van der Waals surface area contributed by atoms with Crippen LogP contribution < -0.4 is 5.32 Å². The number of amides is 1. The maximum Gasteiger partial charge on any atom is 0.244 e. The average Bonchev–Trinajstić information content (AvgIpc) is 2.40. The number of hydrogen-bond acceptors (Lipinski definition) is 3. The fourth-order valence-corrected chi connectivity index (χ4v) is 1.71. The fourth-order valence-electron chi connectivity index (χ4n) is 1.71. The van der Waals surface area contributed by atoms with Crippen molar-refractivity contribution in [3.8, 4) is 6.07 Å². The van der Waals surface area contributed by atoms with Crippen molar-refractivity contribution in [3.05, 3.63) is 35.4 Å². The number of nitrogens with zero attached hydrogens (tertiary/aromatic N) is 1. The van der Waals surface area contributed by atoms with E-state index in [1.807, 2.05) is 12.1 Å². The first kappa shape index (κ1) is 14.9. The van der Waals surface area contributed by atoms with Crippen LogP contribution in [0.1, 0.15) is 25.0 Å². The lowest BCUT2D eigenvalue weighted by atomic mass is 10.1. The highest BCUT2D eigenvalue weighted by atomic mass is 16.2. The molecule has 100 valence electrons. The van der Waals surface area contributed by atoms with E-state index in [0.29, 0.717) is 13.0 Å². The van der Waals surface area contributed by atoms with E-state index in [9.17, 15) is 9.59 Å². The number of hydrogen-bond donors (Lipinski definition) is 1. The van der Waals surface area contributed by atoms with E-state index < -0.39 is 17.6 Å². The molecule has 1 atom stereocenters. The lowest BCUT2D eigenvalue weighted by Gasteiger charge is -2.08. The Bertz CT molecular complexity index is 486. The second-order valence-electron chi connectivity index (χ2n) is 4.38. The van der Waals surface area contributed by atoms with E-state index >= 15 is 0 Å². The van der Waals surface area contributed by atoms with Gasteiger partial charge in [-0.05, 0) is 30.9 Å². The van der Waals surface area contributed by atoms with Crippen LogP contribution in [-0.4, -0.2) is 18.2 Å². The Morgan fingerprint density at radius 1 is 1.26 bits per heavy atom. The minimum absolute atomic E-state index is 0.424. The molecule has 0 saturated heterocycles. The zero-order valence-corrected chi connectivity index (χ0v) is 11.3. The van der Waals surface area contributed by atoms with E-state index in [1.165, 1.54) is 12.5 Å². The van der Waals surface area contributed by atoms with Crippen molar-refractivity contribution >= 4 is 11.7 Å². The molecule has 1 N–H and O–H groups in total. The minimum atomic E-state index is -1.19. The van der Waals surface area contributed by atoms with E-state index in [4.69, 9.17) is 5.26 Å². The predicted octanol–water partition coefficient (Wildman–Crippen LogP) is 1.64. The summed E-state index contributed by atoms with van der Waals surface area (Å²) < 4.78 is 0. The smallest absolute Gasteiger partial charge is 0.244 e. The van der Waals surface area contributed by atoms with Crippen LogP contribution in [0.5, 0.6) is 0 Å². The third-order valence-electron chi connectivity index (χ3n) is 2.94. The normalized spacial score (nSPS) is 11.4. The predicted molar refractivity (Wildman–Crippen MR) is 72.3 cm³/mol. The SMILES string of the molecule is CCc1ccc(CCNC(=O)C(C#N)C(C)=O)cc1. The van der Waals surface area contributed by atoms with Crippen LogP contribution >= 0.6 is 0 Å². The zero-order chi connectivity index (χ0) is 14.3. The second-order valence-corrected chi connectivity index (χ2v) is 4.38. The number of carbonyl (C=O) groups excluding carboxylic acids is 2. The lowest BCUT2D eigenvalue weighted by Crippen LogP contribution is -2.34. The highest BCUT2D eigenvalue weighted by Crippen LogP contribution is 2.05. The van der Waals surface area contributed by atoms with E-state index in [1.54, 1.807) is 6.07 Å². The summed E-state index contributed by atoms with van der Waals surface area (Å²) in [6, 6.07) is 9.88. The van der Waals surface area contributed by atoms with Gasteiger partial charge in [0.2, 0.25) is 5.91 Å². The summed E-state index contributed by atoms with van der Waals surface area (Å²) in [4.78, 5) is 22.6. The van der Waals surface area contributed by atoms with Gasteiger partial charge in [0.25, 0.3) is 0 Å². The molecule has 1 amide bonds. The Hall–Kier alpha value is -2.15. The molecule has 0 aliphatic heterocycles. The van der Waals surface area contributed by atoms with Crippen molar-refractivity contribution in [2.75, 3.05) is 6.54 Å². The summed E-state index contributed by atoms with van der Waals surface area (Å²) in [5, 5.41) is 11.3. The van der Waals surface area contributed by atoms with Crippen LogP contribution in [0.15, 0.2) is 24.3 Å². The topological polar surface area (TPSA) is 70.0 Å². The second kappa shape index (κ2) is 7.32. The molecule has 0 aromatic heterocycles. The van der Waals surface area contributed by atoms with E-state index in [0.717, 1.165) is 12.0 Å². The first-order valence-corrected chi connectivity index (χ1v) is 6.34. The number of aryl methyl sites for hydroxylation is 1. The molecular formula is C15H18N2O2. The highest BCUT2D eigenvalue weighted by Gasteiger charge is 2.21. The molecule has 0 fully saturated rings. The van der Waals surface area contributed by atoms with Crippen molar-refractivity contribution in [2.45, 2.75) is 26.7 Å². The summed E-state index contributed by atoms with van der Waals surface area (Å²) >= 11 is 0. The van der Waals surface area contributed by atoms with Crippen molar-refractivity contribution in [1.29, 1.82) is 5.26 Å². The molecule has 19 heavy (non-hydrogen) atoms. The van der Waals surface area contributed by atoms with Gasteiger partial charge in [0.05, 0.1) is 6.07 Å². The maximum atomic E-state index is 11.6. The molecule has 4 heteroatoms. The van der Waals surface area contributed by atoms with E-state index in [2.05, 4.69) is 24.4 Å². The average molecular weight is 258 g/mol. The largest absolute Gasteiger partial charge is 0.354 e. The molecule has 0 saturated carbocycles. The number of benzene rings is 1. The van der Waals surface area contributed by atoms with Crippen LogP contribution in [0.25, 0.3) is 0 Å². The van der Waals surface area contributed by atoms with Gasteiger partial charge in [-0.3, -0.25) is 9.59 Å². The minimum Gasteiger partial charge on any atom is -0.354 e. The van der Waals surface area contributed by atoms with Crippen molar-refractivity contribution in [1.82, 2.24) is 5.32 Å². The van der Waals surface area contributed by atoms with Crippen molar-refractivity contribution in [2.24, 2.45) is 5.92 Å². The van der Waals surface area contributed by atoms with Gasteiger partial charge in [0.1, 0.15) is 0 Å². The Balaban J connectivity index is 2.43. The van der Waals surface area contributed by atoms with Gasteiger partial charge in [-0.2, -0.15) is 5.26 Å². The quantitative estimate of drug-likeness (QED) is 0.788. The number of Topliss-reactive ketones (excluding diaryl/α,β-unsaturated/α-hetero) is 1. The Kier molecular flexibility index (Phi) is 5.74. The molecule has 0 aliphatic carbocycles. The molecule has 4 nitrogen and oxygen atoms in total.